The van der Waals surface area contributed by atoms with Gasteiger partial charge in [-0.1, -0.05) is 12.8 Å². The molecule has 0 bridgehead atoms. The second-order valence-electron chi connectivity index (χ2n) is 3.31. The third kappa shape index (κ3) is 13.6. The molecule has 0 aliphatic carbocycles. The van der Waals surface area contributed by atoms with Crippen LogP contribution in [0.25, 0.3) is 0 Å². The molecular weight excluding hydrogens is 248 g/mol. The monoisotopic (exact) mass is 266 g/mol. The van der Waals surface area contributed by atoms with Gasteiger partial charge in [-0.3, -0.25) is 9.59 Å². The van der Waals surface area contributed by atoms with Crippen LogP contribution in [-0.2, 0) is 9.59 Å². The summed E-state index contributed by atoms with van der Waals surface area (Å²) in [6, 6.07) is 0. The third-order valence-corrected chi connectivity index (χ3v) is 3.84. The highest BCUT2D eigenvalue weighted by Crippen LogP contribution is 2.10. The standard InChI is InChI=1S/C10H18O4S2/c11-9(12)7-15-5-3-1-2-4-6-16-8-10(13)14/h1-8H2,(H,11,12)(H,13,14). The molecule has 0 spiro atoms. The molecule has 0 aromatic carbocycles. The van der Waals surface area contributed by atoms with Crippen LogP contribution in [0, 0.1) is 0 Å². The molecule has 2 N–H and O–H groups in total. The highest BCUT2D eigenvalue weighted by molar-refractivity contribution is 8.00. The molecule has 0 aromatic heterocycles. The molecule has 0 aliphatic heterocycles. The quantitative estimate of drug-likeness (QED) is 0.558. The minimum atomic E-state index is -0.755. The average Bonchev–Trinajstić information content (AvgIpc) is 2.20. The maximum absolute atomic E-state index is 10.2. The molecule has 0 rings (SSSR count). The van der Waals surface area contributed by atoms with Crippen LogP contribution >= 0.6 is 23.5 Å². The van der Waals surface area contributed by atoms with Gasteiger partial charge in [0.1, 0.15) is 0 Å². The first-order valence-corrected chi connectivity index (χ1v) is 7.53. The number of carbonyl (C=O) groups is 2. The fourth-order valence-electron chi connectivity index (χ4n) is 1.08. The fraction of sp³-hybridized carbons (Fsp3) is 0.800. The average molecular weight is 266 g/mol. The van der Waals surface area contributed by atoms with Crippen molar-refractivity contribution in [2.75, 3.05) is 23.0 Å². The van der Waals surface area contributed by atoms with Gasteiger partial charge >= 0.3 is 11.9 Å². The molecule has 16 heavy (non-hydrogen) atoms. The normalized spacial score (nSPS) is 10.2. The Hall–Kier alpha value is -0.360. The Morgan fingerprint density at radius 2 is 1.12 bits per heavy atom. The second-order valence-corrected chi connectivity index (χ2v) is 5.52. The zero-order valence-corrected chi connectivity index (χ0v) is 10.8. The van der Waals surface area contributed by atoms with E-state index < -0.39 is 11.9 Å². The van der Waals surface area contributed by atoms with Crippen molar-refractivity contribution in [1.82, 2.24) is 0 Å². The zero-order chi connectivity index (χ0) is 12.2. The highest BCUT2D eigenvalue weighted by atomic mass is 32.2. The summed E-state index contributed by atoms with van der Waals surface area (Å²) < 4.78 is 0. The summed E-state index contributed by atoms with van der Waals surface area (Å²) in [5.74, 6) is 0.664. The van der Waals surface area contributed by atoms with E-state index in [-0.39, 0.29) is 11.5 Å². The molecule has 0 unspecified atom stereocenters. The van der Waals surface area contributed by atoms with Crippen molar-refractivity contribution in [2.45, 2.75) is 25.7 Å². The van der Waals surface area contributed by atoms with Gasteiger partial charge < -0.3 is 10.2 Å². The number of thioether (sulfide) groups is 2. The third-order valence-electron chi connectivity index (χ3n) is 1.78. The van der Waals surface area contributed by atoms with Gasteiger partial charge in [-0.05, 0) is 24.3 Å². The number of aliphatic carboxylic acids is 2. The Kier molecular flexibility index (Phi) is 10.9. The van der Waals surface area contributed by atoms with E-state index in [4.69, 9.17) is 10.2 Å². The van der Waals surface area contributed by atoms with E-state index in [1.165, 1.54) is 23.5 Å². The van der Waals surface area contributed by atoms with E-state index in [0.29, 0.717) is 0 Å². The van der Waals surface area contributed by atoms with Crippen molar-refractivity contribution in [3.63, 3.8) is 0 Å². The van der Waals surface area contributed by atoms with E-state index in [2.05, 4.69) is 0 Å². The molecule has 0 saturated heterocycles. The Labute approximate surface area is 104 Å². The lowest BCUT2D eigenvalue weighted by atomic mass is 10.2. The fourth-order valence-corrected chi connectivity index (χ4v) is 2.54. The van der Waals surface area contributed by atoms with E-state index in [0.717, 1.165) is 37.2 Å². The number of carboxylic acids is 2. The molecule has 0 aromatic rings. The predicted molar refractivity (Wildman–Crippen MR) is 68.4 cm³/mol. The number of rotatable bonds is 11. The first-order valence-electron chi connectivity index (χ1n) is 5.22. The summed E-state index contributed by atoms with van der Waals surface area (Å²) >= 11 is 2.90. The van der Waals surface area contributed by atoms with Crippen LogP contribution in [0.1, 0.15) is 25.7 Å². The molecule has 0 atom stereocenters. The molecule has 0 radical (unpaired) electrons. The van der Waals surface area contributed by atoms with Gasteiger partial charge in [0, 0.05) is 0 Å². The first kappa shape index (κ1) is 15.6. The maximum atomic E-state index is 10.2. The van der Waals surface area contributed by atoms with E-state index >= 15 is 0 Å². The van der Waals surface area contributed by atoms with Crippen molar-refractivity contribution < 1.29 is 19.8 Å². The van der Waals surface area contributed by atoms with Crippen LogP contribution in [0.2, 0.25) is 0 Å². The Morgan fingerprint density at radius 1 is 0.750 bits per heavy atom. The molecule has 6 heteroatoms. The Morgan fingerprint density at radius 3 is 1.44 bits per heavy atom. The second kappa shape index (κ2) is 11.1. The van der Waals surface area contributed by atoms with Crippen molar-refractivity contribution in [2.24, 2.45) is 0 Å². The topological polar surface area (TPSA) is 74.6 Å². The SMILES string of the molecule is O=C(O)CSCCCCCCSCC(=O)O. The summed E-state index contributed by atoms with van der Waals surface area (Å²) in [4.78, 5) is 20.4. The van der Waals surface area contributed by atoms with Crippen LogP contribution in [0.15, 0.2) is 0 Å². The largest absolute Gasteiger partial charge is 0.481 e. The lowest BCUT2D eigenvalue weighted by Crippen LogP contribution is -1.99. The molecule has 0 heterocycles. The van der Waals surface area contributed by atoms with Gasteiger partial charge in [-0.15, -0.1) is 0 Å². The number of carboxylic acid groups (broad SMARTS) is 2. The smallest absolute Gasteiger partial charge is 0.313 e. The Balaban J connectivity index is 2.98. The van der Waals surface area contributed by atoms with Crippen LogP contribution < -0.4 is 0 Å². The Bertz CT molecular complexity index is 187. The van der Waals surface area contributed by atoms with Crippen LogP contribution in [0.5, 0.6) is 0 Å². The molecule has 0 amide bonds. The maximum Gasteiger partial charge on any atom is 0.313 e. The minimum absolute atomic E-state index is 0.189. The van der Waals surface area contributed by atoms with E-state index in [9.17, 15) is 9.59 Å². The summed E-state index contributed by atoms with van der Waals surface area (Å²) in [6.45, 7) is 0. The lowest BCUT2D eigenvalue weighted by molar-refractivity contribution is -0.134. The molecule has 4 nitrogen and oxygen atoms in total. The predicted octanol–water partition coefficient (Wildman–Crippen LogP) is 2.18. The van der Waals surface area contributed by atoms with Gasteiger partial charge in [0.25, 0.3) is 0 Å². The first-order chi connectivity index (χ1) is 7.63. The molecule has 94 valence electrons. The number of unbranched alkanes of at least 4 members (excludes halogenated alkanes) is 3. The highest BCUT2D eigenvalue weighted by Gasteiger charge is 1.98. The van der Waals surface area contributed by atoms with Crippen LogP contribution in [0.4, 0.5) is 0 Å². The van der Waals surface area contributed by atoms with Gasteiger partial charge in [-0.2, -0.15) is 23.5 Å². The summed E-state index contributed by atoms with van der Waals surface area (Å²) in [6.07, 6.45) is 4.28. The van der Waals surface area contributed by atoms with E-state index in [1.807, 2.05) is 0 Å². The summed E-state index contributed by atoms with van der Waals surface area (Å²) in [7, 11) is 0. The molecule has 0 saturated carbocycles. The lowest BCUT2D eigenvalue weighted by Gasteiger charge is -2.00. The van der Waals surface area contributed by atoms with Gasteiger partial charge in [0.05, 0.1) is 11.5 Å². The van der Waals surface area contributed by atoms with E-state index in [1.54, 1.807) is 0 Å². The van der Waals surface area contributed by atoms with Crippen molar-refractivity contribution in [1.29, 1.82) is 0 Å². The molecule has 0 fully saturated rings. The number of hydrogen-bond donors (Lipinski definition) is 2. The molecular formula is C10H18O4S2. The number of hydrogen-bond acceptors (Lipinski definition) is 4. The molecule has 0 aliphatic rings. The van der Waals surface area contributed by atoms with Crippen molar-refractivity contribution in [3.05, 3.63) is 0 Å². The van der Waals surface area contributed by atoms with Crippen molar-refractivity contribution >= 4 is 35.5 Å². The van der Waals surface area contributed by atoms with Crippen molar-refractivity contribution in [3.8, 4) is 0 Å². The van der Waals surface area contributed by atoms with Gasteiger partial charge in [0.15, 0.2) is 0 Å². The minimum Gasteiger partial charge on any atom is -0.481 e. The van der Waals surface area contributed by atoms with Gasteiger partial charge in [0.2, 0.25) is 0 Å². The van der Waals surface area contributed by atoms with Crippen LogP contribution in [-0.4, -0.2) is 45.2 Å². The summed E-state index contributed by atoms with van der Waals surface area (Å²) in [5, 5.41) is 16.8. The zero-order valence-electron chi connectivity index (χ0n) is 9.18. The summed E-state index contributed by atoms with van der Waals surface area (Å²) in [5.41, 5.74) is 0. The van der Waals surface area contributed by atoms with Gasteiger partial charge in [-0.25, -0.2) is 0 Å². The van der Waals surface area contributed by atoms with Crippen LogP contribution in [0.3, 0.4) is 0 Å².